The first-order valence-corrected chi connectivity index (χ1v) is 10.1. The number of carboxylic acids is 1. The minimum Gasteiger partial charge on any atom is -0.477 e. The van der Waals surface area contributed by atoms with Gasteiger partial charge in [-0.15, -0.1) is 0 Å². The molecule has 0 atom stereocenters. The van der Waals surface area contributed by atoms with Gasteiger partial charge in [0.1, 0.15) is 18.1 Å². The molecule has 4 rings (SSSR count). The molecule has 0 radical (unpaired) electrons. The van der Waals surface area contributed by atoms with Crippen LogP contribution in [0.25, 0.3) is 11.1 Å². The molecule has 0 fully saturated rings. The molecule has 0 amide bonds. The zero-order valence-electron chi connectivity index (χ0n) is 17.2. The van der Waals surface area contributed by atoms with Gasteiger partial charge in [0.25, 0.3) is 0 Å². The monoisotopic (exact) mass is 458 g/mol. The Balaban J connectivity index is 1.79. The number of hydrogen-bond acceptors (Lipinski definition) is 4. The van der Waals surface area contributed by atoms with E-state index in [1.807, 2.05) is 0 Å². The minimum atomic E-state index is -4.62. The van der Waals surface area contributed by atoms with E-state index in [4.69, 9.17) is 4.74 Å². The van der Waals surface area contributed by atoms with E-state index in [9.17, 15) is 27.5 Å². The van der Waals surface area contributed by atoms with Crippen LogP contribution in [0, 0.1) is 5.82 Å². The Bertz CT molecular complexity index is 1240. The maximum absolute atomic E-state index is 14.0. The standard InChI is InChI=1S/C24H18F4N2O3/c25-19-8-2-1-5-14(19)13-33-22-18(11-15(12-29-22)24(26,27)28)16-6-3-7-17(16)20-9-4-10-21(30-20)23(31)32/h1-2,4-5,8-12H,3,6-7,13H2,(H,31,32). The SMILES string of the molecule is O=C(O)c1cccc(C2=C(c3cc(C(F)(F)F)cnc3OCc3ccccc3F)CCC2)n1. The topological polar surface area (TPSA) is 72.3 Å². The number of benzene rings is 1. The van der Waals surface area contributed by atoms with Crippen molar-refractivity contribution < 1.29 is 32.2 Å². The Kier molecular flexibility index (Phi) is 6.13. The van der Waals surface area contributed by atoms with Gasteiger partial charge in [0.05, 0.1) is 11.3 Å². The van der Waals surface area contributed by atoms with Crippen molar-refractivity contribution in [1.82, 2.24) is 9.97 Å². The summed E-state index contributed by atoms with van der Waals surface area (Å²) in [6.07, 6.45) is -2.35. The van der Waals surface area contributed by atoms with Gasteiger partial charge in [-0.25, -0.2) is 19.2 Å². The molecular formula is C24H18F4N2O3. The van der Waals surface area contributed by atoms with Crippen LogP contribution >= 0.6 is 0 Å². The summed E-state index contributed by atoms with van der Waals surface area (Å²) >= 11 is 0. The van der Waals surface area contributed by atoms with Crippen LogP contribution < -0.4 is 4.74 Å². The van der Waals surface area contributed by atoms with Crippen LogP contribution in [0.4, 0.5) is 17.6 Å². The Morgan fingerprint density at radius 3 is 2.55 bits per heavy atom. The third-order valence-electron chi connectivity index (χ3n) is 5.32. The molecule has 33 heavy (non-hydrogen) atoms. The molecule has 170 valence electrons. The van der Waals surface area contributed by atoms with Gasteiger partial charge in [0, 0.05) is 17.3 Å². The van der Waals surface area contributed by atoms with E-state index >= 15 is 0 Å². The zero-order valence-corrected chi connectivity index (χ0v) is 17.2. The summed E-state index contributed by atoms with van der Waals surface area (Å²) in [5.74, 6) is -1.76. The summed E-state index contributed by atoms with van der Waals surface area (Å²) in [7, 11) is 0. The van der Waals surface area contributed by atoms with Gasteiger partial charge in [-0.1, -0.05) is 24.3 Å². The van der Waals surface area contributed by atoms with Gasteiger partial charge in [-0.3, -0.25) is 0 Å². The molecular weight excluding hydrogens is 440 g/mol. The molecule has 9 heteroatoms. The largest absolute Gasteiger partial charge is 0.477 e. The zero-order chi connectivity index (χ0) is 23.6. The van der Waals surface area contributed by atoms with E-state index in [0.717, 1.165) is 6.07 Å². The first kappa shape index (κ1) is 22.4. The second kappa shape index (κ2) is 9.01. The number of carbonyl (C=O) groups is 1. The fourth-order valence-electron chi connectivity index (χ4n) is 3.75. The molecule has 0 unspecified atom stereocenters. The van der Waals surface area contributed by atoms with E-state index in [1.54, 1.807) is 12.1 Å². The van der Waals surface area contributed by atoms with Gasteiger partial charge >= 0.3 is 12.1 Å². The summed E-state index contributed by atoms with van der Waals surface area (Å²) in [5.41, 5.74) is 0.825. The average Bonchev–Trinajstić information content (AvgIpc) is 3.28. The first-order valence-electron chi connectivity index (χ1n) is 10.1. The fraction of sp³-hybridized carbons (Fsp3) is 0.208. The number of aromatic carboxylic acids is 1. The van der Waals surface area contributed by atoms with Crippen molar-refractivity contribution in [3.8, 4) is 5.88 Å². The van der Waals surface area contributed by atoms with Crippen molar-refractivity contribution in [2.45, 2.75) is 32.0 Å². The Hall–Kier alpha value is -3.75. The van der Waals surface area contributed by atoms with Gasteiger partial charge in [-0.05, 0) is 54.7 Å². The fourth-order valence-corrected chi connectivity index (χ4v) is 3.75. The summed E-state index contributed by atoms with van der Waals surface area (Å²) in [6.45, 7) is -0.215. The third-order valence-corrected chi connectivity index (χ3v) is 5.32. The second-order valence-corrected chi connectivity index (χ2v) is 7.48. The summed E-state index contributed by atoms with van der Waals surface area (Å²) in [6, 6.07) is 11.4. The molecule has 0 aliphatic heterocycles. The molecule has 0 spiro atoms. The number of aromatic nitrogens is 2. The highest BCUT2D eigenvalue weighted by Crippen LogP contribution is 2.43. The molecule has 1 aromatic carbocycles. The number of nitrogens with zero attached hydrogens (tertiary/aromatic N) is 2. The van der Waals surface area contributed by atoms with Crippen LogP contribution in [-0.2, 0) is 12.8 Å². The lowest BCUT2D eigenvalue weighted by Crippen LogP contribution is -2.09. The van der Waals surface area contributed by atoms with Crippen molar-refractivity contribution in [2.24, 2.45) is 0 Å². The van der Waals surface area contributed by atoms with Crippen LogP contribution in [0.3, 0.4) is 0 Å². The molecule has 1 aliphatic rings. The molecule has 0 saturated carbocycles. The quantitative estimate of drug-likeness (QED) is 0.459. The van der Waals surface area contributed by atoms with Crippen LogP contribution in [0.1, 0.15) is 52.1 Å². The van der Waals surface area contributed by atoms with E-state index < -0.39 is 23.5 Å². The maximum Gasteiger partial charge on any atom is 0.417 e. The predicted molar refractivity (Wildman–Crippen MR) is 112 cm³/mol. The molecule has 5 nitrogen and oxygen atoms in total. The summed E-state index contributed by atoms with van der Waals surface area (Å²) < 4.78 is 59.9. The van der Waals surface area contributed by atoms with Crippen molar-refractivity contribution in [1.29, 1.82) is 0 Å². The van der Waals surface area contributed by atoms with E-state index in [2.05, 4.69) is 9.97 Å². The average molecular weight is 458 g/mol. The predicted octanol–water partition coefficient (Wildman–Crippen LogP) is 6.01. The van der Waals surface area contributed by atoms with Crippen molar-refractivity contribution in [2.75, 3.05) is 0 Å². The Morgan fingerprint density at radius 1 is 1.06 bits per heavy atom. The summed E-state index contributed by atoms with van der Waals surface area (Å²) in [4.78, 5) is 19.4. The van der Waals surface area contributed by atoms with Crippen LogP contribution in [-0.4, -0.2) is 21.0 Å². The maximum atomic E-state index is 14.0. The number of allylic oxidation sites excluding steroid dienone is 2. The van der Waals surface area contributed by atoms with Crippen LogP contribution in [0.5, 0.6) is 5.88 Å². The molecule has 0 bridgehead atoms. The number of alkyl halides is 3. The lowest BCUT2D eigenvalue weighted by Gasteiger charge is -2.16. The Labute approximate surface area is 186 Å². The molecule has 0 saturated heterocycles. The smallest absolute Gasteiger partial charge is 0.417 e. The number of pyridine rings is 2. The van der Waals surface area contributed by atoms with Crippen molar-refractivity contribution in [3.63, 3.8) is 0 Å². The first-order chi connectivity index (χ1) is 15.7. The van der Waals surface area contributed by atoms with E-state index in [-0.39, 0.29) is 29.3 Å². The third kappa shape index (κ3) is 4.87. The lowest BCUT2D eigenvalue weighted by molar-refractivity contribution is -0.137. The molecule has 2 heterocycles. The van der Waals surface area contributed by atoms with E-state index in [1.165, 1.54) is 30.3 Å². The second-order valence-electron chi connectivity index (χ2n) is 7.48. The van der Waals surface area contributed by atoms with Crippen LogP contribution in [0.2, 0.25) is 0 Å². The lowest BCUT2D eigenvalue weighted by atomic mass is 9.99. The van der Waals surface area contributed by atoms with Gasteiger partial charge in [-0.2, -0.15) is 13.2 Å². The van der Waals surface area contributed by atoms with E-state index in [0.29, 0.717) is 42.3 Å². The van der Waals surface area contributed by atoms with Gasteiger partial charge in [0.2, 0.25) is 5.88 Å². The number of carboxylic acid groups (broad SMARTS) is 1. The van der Waals surface area contributed by atoms with Gasteiger partial charge in [0.15, 0.2) is 0 Å². The molecule has 2 aromatic heterocycles. The highest BCUT2D eigenvalue weighted by atomic mass is 19.4. The molecule has 1 N–H and O–H groups in total. The highest BCUT2D eigenvalue weighted by Gasteiger charge is 2.33. The van der Waals surface area contributed by atoms with Crippen LogP contribution in [0.15, 0.2) is 54.7 Å². The normalized spacial score (nSPS) is 13.9. The number of halogens is 4. The highest BCUT2D eigenvalue weighted by molar-refractivity contribution is 5.94. The minimum absolute atomic E-state index is 0.0601. The Morgan fingerprint density at radius 2 is 1.82 bits per heavy atom. The number of rotatable bonds is 6. The van der Waals surface area contributed by atoms with Crippen molar-refractivity contribution in [3.05, 3.63) is 88.6 Å². The molecule has 3 aromatic rings. The van der Waals surface area contributed by atoms with Gasteiger partial charge < -0.3 is 9.84 Å². The number of hydrogen-bond donors (Lipinski definition) is 1. The number of ether oxygens (including phenoxy) is 1. The summed E-state index contributed by atoms with van der Waals surface area (Å²) in [5, 5.41) is 9.24. The molecule has 1 aliphatic carbocycles. The van der Waals surface area contributed by atoms with Crippen molar-refractivity contribution >= 4 is 17.1 Å².